The van der Waals surface area contributed by atoms with Crippen molar-refractivity contribution < 1.29 is 0 Å². The predicted molar refractivity (Wildman–Crippen MR) is 72.5 cm³/mol. The number of anilines is 1. The highest BCUT2D eigenvalue weighted by Crippen LogP contribution is 2.26. The van der Waals surface area contributed by atoms with Gasteiger partial charge >= 0.3 is 0 Å². The van der Waals surface area contributed by atoms with Crippen molar-refractivity contribution in [1.82, 2.24) is 19.8 Å². The summed E-state index contributed by atoms with van der Waals surface area (Å²) in [5.74, 6) is 0.922. The minimum Gasteiger partial charge on any atom is -0.399 e. The monoisotopic (exact) mass is 259 g/mol. The number of benzene rings is 1. The molecule has 3 aromatic rings. The summed E-state index contributed by atoms with van der Waals surface area (Å²) in [6.45, 7) is 2.12. The first-order chi connectivity index (χ1) is 8.78. The van der Waals surface area contributed by atoms with Gasteiger partial charge in [-0.2, -0.15) is 9.61 Å². The standard InChI is InChI=1S/C12H13N5S/c1-2-3-10-14-15-12-17(10)16-11(18-12)8-4-6-9(13)7-5-8/h4-7H,2-3,13H2,1H3. The second-order valence-corrected chi connectivity index (χ2v) is 5.05. The molecule has 2 N–H and O–H groups in total. The van der Waals surface area contributed by atoms with E-state index in [0.29, 0.717) is 0 Å². The molecule has 0 spiro atoms. The third kappa shape index (κ3) is 1.84. The Morgan fingerprint density at radius 1 is 1.22 bits per heavy atom. The van der Waals surface area contributed by atoms with Gasteiger partial charge < -0.3 is 5.73 Å². The van der Waals surface area contributed by atoms with Crippen molar-refractivity contribution in [3.63, 3.8) is 0 Å². The Morgan fingerprint density at radius 3 is 2.72 bits per heavy atom. The highest BCUT2D eigenvalue weighted by Gasteiger charge is 2.11. The van der Waals surface area contributed by atoms with Gasteiger partial charge in [-0.15, -0.1) is 10.2 Å². The maximum absolute atomic E-state index is 5.68. The van der Waals surface area contributed by atoms with Gasteiger partial charge in [-0.3, -0.25) is 0 Å². The molecule has 0 amide bonds. The van der Waals surface area contributed by atoms with Gasteiger partial charge in [-0.1, -0.05) is 18.3 Å². The first-order valence-electron chi connectivity index (χ1n) is 5.85. The zero-order chi connectivity index (χ0) is 12.5. The summed E-state index contributed by atoms with van der Waals surface area (Å²) in [4.78, 5) is 0.838. The van der Waals surface area contributed by atoms with Crippen LogP contribution in [0.1, 0.15) is 19.2 Å². The molecule has 0 atom stereocenters. The van der Waals surface area contributed by atoms with E-state index in [0.717, 1.165) is 39.9 Å². The molecule has 3 rings (SSSR count). The van der Waals surface area contributed by atoms with Gasteiger partial charge in [-0.05, 0) is 30.7 Å². The lowest BCUT2D eigenvalue weighted by Crippen LogP contribution is -1.95. The number of aryl methyl sites for hydroxylation is 1. The van der Waals surface area contributed by atoms with E-state index in [9.17, 15) is 0 Å². The van der Waals surface area contributed by atoms with Crippen molar-refractivity contribution in [1.29, 1.82) is 0 Å². The van der Waals surface area contributed by atoms with E-state index in [1.807, 2.05) is 28.8 Å². The Labute approximate surface area is 108 Å². The molecule has 6 heteroatoms. The second kappa shape index (κ2) is 4.38. The minimum absolute atomic E-state index is 0.758. The summed E-state index contributed by atoms with van der Waals surface area (Å²) in [6.07, 6.45) is 1.93. The van der Waals surface area contributed by atoms with Crippen LogP contribution in [0.3, 0.4) is 0 Å². The molecule has 2 aromatic heterocycles. The summed E-state index contributed by atoms with van der Waals surface area (Å²) in [5.41, 5.74) is 7.49. The Balaban J connectivity index is 2.05. The van der Waals surface area contributed by atoms with Gasteiger partial charge in [0.05, 0.1) is 0 Å². The van der Waals surface area contributed by atoms with Crippen LogP contribution in [0, 0.1) is 0 Å². The van der Waals surface area contributed by atoms with Crippen LogP contribution < -0.4 is 5.73 Å². The number of aromatic nitrogens is 4. The van der Waals surface area contributed by atoms with Gasteiger partial charge in [0.25, 0.3) is 0 Å². The Kier molecular flexibility index (Phi) is 2.71. The van der Waals surface area contributed by atoms with Crippen LogP contribution in [0.4, 0.5) is 5.69 Å². The van der Waals surface area contributed by atoms with E-state index in [2.05, 4.69) is 22.2 Å². The van der Waals surface area contributed by atoms with Gasteiger partial charge in [0.15, 0.2) is 5.82 Å². The molecule has 0 radical (unpaired) electrons. The lowest BCUT2D eigenvalue weighted by Gasteiger charge is -1.96. The average molecular weight is 259 g/mol. The topological polar surface area (TPSA) is 69.1 Å². The van der Waals surface area contributed by atoms with Crippen LogP contribution in [0.15, 0.2) is 24.3 Å². The first-order valence-corrected chi connectivity index (χ1v) is 6.66. The maximum Gasteiger partial charge on any atom is 0.234 e. The van der Waals surface area contributed by atoms with E-state index in [1.165, 1.54) is 0 Å². The quantitative estimate of drug-likeness (QED) is 0.733. The summed E-state index contributed by atoms with van der Waals surface area (Å²) in [6, 6.07) is 7.70. The molecule has 0 unspecified atom stereocenters. The fourth-order valence-electron chi connectivity index (χ4n) is 1.78. The third-order valence-corrected chi connectivity index (χ3v) is 3.63. The second-order valence-electron chi connectivity index (χ2n) is 4.09. The van der Waals surface area contributed by atoms with Crippen molar-refractivity contribution in [2.24, 2.45) is 0 Å². The number of hydrogen-bond acceptors (Lipinski definition) is 5. The van der Waals surface area contributed by atoms with Crippen LogP contribution in [-0.2, 0) is 6.42 Å². The Hall–Kier alpha value is -1.95. The fourth-order valence-corrected chi connectivity index (χ4v) is 2.64. The fraction of sp³-hybridized carbons (Fsp3) is 0.250. The molecule has 0 saturated heterocycles. The Morgan fingerprint density at radius 2 is 2.00 bits per heavy atom. The molecular weight excluding hydrogens is 246 g/mol. The first kappa shape index (κ1) is 11.2. The summed E-state index contributed by atoms with van der Waals surface area (Å²) in [7, 11) is 0. The number of hydrogen-bond donors (Lipinski definition) is 1. The van der Waals surface area contributed by atoms with Crippen molar-refractivity contribution in [2.75, 3.05) is 5.73 Å². The molecule has 5 nitrogen and oxygen atoms in total. The summed E-state index contributed by atoms with van der Waals surface area (Å²) in [5, 5.41) is 13.8. The van der Waals surface area contributed by atoms with Gasteiger partial charge in [-0.25, -0.2) is 0 Å². The van der Waals surface area contributed by atoms with Gasteiger partial charge in [0.2, 0.25) is 4.96 Å². The van der Waals surface area contributed by atoms with Gasteiger partial charge in [0.1, 0.15) is 5.01 Å². The van der Waals surface area contributed by atoms with Gasteiger partial charge in [0, 0.05) is 17.7 Å². The number of nitrogens with two attached hydrogens (primary N) is 1. The SMILES string of the molecule is CCCc1nnc2sc(-c3ccc(N)cc3)nn12. The molecule has 0 aliphatic heterocycles. The number of rotatable bonds is 3. The summed E-state index contributed by atoms with van der Waals surface area (Å²) >= 11 is 1.54. The largest absolute Gasteiger partial charge is 0.399 e. The zero-order valence-corrected chi connectivity index (χ0v) is 10.8. The van der Waals surface area contributed by atoms with Crippen LogP contribution in [0.5, 0.6) is 0 Å². The molecule has 0 aliphatic carbocycles. The average Bonchev–Trinajstić information content (AvgIpc) is 2.93. The molecule has 92 valence electrons. The number of fused-ring (bicyclic) bond motifs is 1. The van der Waals surface area contributed by atoms with E-state index in [4.69, 9.17) is 5.73 Å². The van der Waals surface area contributed by atoms with E-state index in [-0.39, 0.29) is 0 Å². The third-order valence-electron chi connectivity index (χ3n) is 2.69. The van der Waals surface area contributed by atoms with E-state index < -0.39 is 0 Å². The molecule has 0 bridgehead atoms. The van der Waals surface area contributed by atoms with E-state index >= 15 is 0 Å². The van der Waals surface area contributed by atoms with E-state index in [1.54, 1.807) is 11.3 Å². The lowest BCUT2D eigenvalue weighted by atomic mass is 10.2. The molecule has 2 heterocycles. The highest BCUT2D eigenvalue weighted by molar-refractivity contribution is 7.19. The maximum atomic E-state index is 5.68. The number of nitrogen functional groups attached to an aromatic ring is 1. The van der Waals surface area contributed by atoms with Crippen molar-refractivity contribution in [3.8, 4) is 10.6 Å². The molecule has 0 fully saturated rings. The van der Waals surface area contributed by atoms with Crippen LogP contribution >= 0.6 is 11.3 Å². The van der Waals surface area contributed by atoms with Crippen molar-refractivity contribution in [2.45, 2.75) is 19.8 Å². The molecule has 1 aromatic carbocycles. The molecule has 0 aliphatic rings. The zero-order valence-electron chi connectivity index (χ0n) is 10.00. The predicted octanol–water partition coefficient (Wildman–Crippen LogP) is 2.39. The van der Waals surface area contributed by atoms with Crippen LogP contribution in [-0.4, -0.2) is 19.8 Å². The smallest absolute Gasteiger partial charge is 0.234 e. The normalized spacial score (nSPS) is 11.2. The lowest BCUT2D eigenvalue weighted by molar-refractivity contribution is 0.778. The van der Waals surface area contributed by atoms with Crippen molar-refractivity contribution in [3.05, 3.63) is 30.1 Å². The molecular formula is C12H13N5S. The highest BCUT2D eigenvalue weighted by atomic mass is 32.1. The summed E-state index contributed by atoms with van der Waals surface area (Å²) < 4.78 is 1.83. The minimum atomic E-state index is 0.758. The number of nitrogens with zero attached hydrogens (tertiary/aromatic N) is 4. The Bertz CT molecular complexity index is 667. The molecule has 18 heavy (non-hydrogen) atoms. The van der Waals surface area contributed by atoms with Crippen LogP contribution in [0.25, 0.3) is 15.5 Å². The van der Waals surface area contributed by atoms with Crippen LogP contribution in [0.2, 0.25) is 0 Å². The molecule has 0 saturated carbocycles. The van der Waals surface area contributed by atoms with Crippen molar-refractivity contribution >= 4 is 22.0 Å².